The van der Waals surface area contributed by atoms with Crippen molar-refractivity contribution in [3.63, 3.8) is 0 Å². The minimum absolute atomic E-state index is 0.0538. The standard InChI is InChI=1S/C22H22N4O5/c1-13-6-17(14-7-19(29-2)21(30-3)24-9-14)25-18-12-26(22(28)20(13)18)15-8-16(11-23-10-15)31-5-4-27/h6-12,27-28H,4-5H2,1-3H3. The lowest BCUT2D eigenvalue weighted by molar-refractivity contribution is 0.201. The number of nitrogens with zero attached hydrogens (tertiary/aromatic N) is 4. The number of fused-ring (bicyclic) bond motifs is 1. The number of aromatic nitrogens is 4. The van der Waals surface area contributed by atoms with E-state index in [2.05, 4.69) is 9.97 Å². The van der Waals surface area contributed by atoms with Crippen LogP contribution >= 0.6 is 0 Å². The van der Waals surface area contributed by atoms with Gasteiger partial charge in [-0.1, -0.05) is 0 Å². The fourth-order valence-corrected chi connectivity index (χ4v) is 3.38. The molecule has 9 heteroatoms. The van der Waals surface area contributed by atoms with E-state index in [-0.39, 0.29) is 19.1 Å². The van der Waals surface area contributed by atoms with Gasteiger partial charge in [0.25, 0.3) is 5.88 Å². The molecule has 0 saturated heterocycles. The Morgan fingerprint density at radius 2 is 1.90 bits per heavy atom. The zero-order valence-electron chi connectivity index (χ0n) is 17.4. The number of methoxy groups -OCH3 is 2. The zero-order valence-corrected chi connectivity index (χ0v) is 17.4. The lowest BCUT2D eigenvalue weighted by Gasteiger charge is -2.09. The van der Waals surface area contributed by atoms with Gasteiger partial charge < -0.3 is 24.4 Å². The van der Waals surface area contributed by atoms with Gasteiger partial charge >= 0.3 is 0 Å². The molecule has 0 amide bonds. The van der Waals surface area contributed by atoms with Crippen LogP contribution in [-0.2, 0) is 0 Å². The molecule has 0 radical (unpaired) electrons. The van der Waals surface area contributed by atoms with Gasteiger partial charge in [-0.2, -0.15) is 0 Å². The molecular weight excluding hydrogens is 400 g/mol. The first-order valence-corrected chi connectivity index (χ1v) is 9.54. The summed E-state index contributed by atoms with van der Waals surface area (Å²) in [5.41, 5.74) is 3.53. The molecule has 9 nitrogen and oxygen atoms in total. The van der Waals surface area contributed by atoms with Crippen LogP contribution in [0, 0.1) is 6.92 Å². The zero-order chi connectivity index (χ0) is 22.0. The molecule has 4 heterocycles. The molecule has 4 aromatic rings. The van der Waals surface area contributed by atoms with Gasteiger partial charge in [0.1, 0.15) is 12.4 Å². The van der Waals surface area contributed by atoms with Crippen molar-refractivity contribution in [2.24, 2.45) is 0 Å². The molecule has 0 unspecified atom stereocenters. The van der Waals surface area contributed by atoms with Crippen molar-refractivity contribution in [1.29, 1.82) is 0 Å². The van der Waals surface area contributed by atoms with Crippen LogP contribution < -0.4 is 14.2 Å². The molecule has 0 aromatic carbocycles. The lowest BCUT2D eigenvalue weighted by atomic mass is 10.1. The molecular formula is C22H22N4O5. The van der Waals surface area contributed by atoms with E-state index in [1.54, 1.807) is 42.5 Å². The minimum Gasteiger partial charge on any atom is -0.494 e. The van der Waals surface area contributed by atoms with E-state index in [4.69, 9.17) is 24.3 Å². The molecule has 0 bridgehead atoms. The third-order valence-electron chi connectivity index (χ3n) is 4.81. The number of aryl methyl sites for hydroxylation is 1. The fourth-order valence-electron chi connectivity index (χ4n) is 3.38. The quantitative estimate of drug-likeness (QED) is 0.468. The topological polar surface area (TPSA) is 112 Å². The van der Waals surface area contributed by atoms with Gasteiger partial charge in [0.2, 0.25) is 5.88 Å². The second-order valence-corrected chi connectivity index (χ2v) is 6.79. The first-order chi connectivity index (χ1) is 15.0. The number of rotatable bonds is 7. The third kappa shape index (κ3) is 3.82. The largest absolute Gasteiger partial charge is 0.494 e. The van der Waals surface area contributed by atoms with E-state index in [0.717, 1.165) is 11.1 Å². The average Bonchev–Trinajstić information content (AvgIpc) is 3.14. The van der Waals surface area contributed by atoms with Gasteiger partial charge in [0.05, 0.1) is 55.5 Å². The molecule has 0 atom stereocenters. The van der Waals surface area contributed by atoms with Crippen LogP contribution in [0.5, 0.6) is 23.3 Å². The van der Waals surface area contributed by atoms with Crippen molar-refractivity contribution in [3.05, 3.63) is 48.5 Å². The molecule has 2 N–H and O–H groups in total. The number of aliphatic hydroxyl groups excluding tert-OH is 1. The van der Waals surface area contributed by atoms with E-state index in [9.17, 15) is 5.11 Å². The van der Waals surface area contributed by atoms with Crippen LogP contribution in [0.2, 0.25) is 0 Å². The predicted octanol–water partition coefficient (Wildman–Crippen LogP) is 2.88. The molecule has 160 valence electrons. The van der Waals surface area contributed by atoms with Crippen LogP contribution in [0.15, 0.2) is 43.0 Å². The van der Waals surface area contributed by atoms with Crippen molar-refractivity contribution < 1.29 is 24.4 Å². The third-order valence-corrected chi connectivity index (χ3v) is 4.81. The van der Waals surface area contributed by atoms with Crippen molar-refractivity contribution in [3.8, 4) is 40.2 Å². The second-order valence-electron chi connectivity index (χ2n) is 6.79. The SMILES string of the molecule is COc1cc(-c2cc(C)c3c(O)n(-c4cncc(OCCO)c4)cc3n2)cnc1OC. The first kappa shape index (κ1) is 20.4. The number of pyridine rings is 3. The summed E-state index contributed by atoms with van der Waals surface area (Å²) in [5.74, 6) is 1.44. The van der Waals surface area contributed by atoms with Gasteiger partial charge in [-0.15, -0.1) is 0 Å². The maximum atomic E-state index is 10.9. The van der Waals surface area contributed by atoms with E-state index in [1.807, 2.05) is 19.1 Å². The van der Waals surface area contributed by atoms with Crippen molar-refractivity contribution in [1.82, 2.24) is 19.5 Å². The summed E-state index contributed by atoms with van der Waals surface area (Å²) in [6.45, 7) is 1.97. The van der Waals surface area contributed by atoms with Gasteiger partial charge in [0, 0.05) is 24.0 Å². The number of hydrogen-bond acceptors (Lipinski definition) is 8. The van der Waals surface area contributed by atoms with Crippen LogP contribution in [0.3, 0.4) is 0 Å². The highest BCUT2D eigenvalue weighted by atomic mass is 16.5. The summed E-state index contributed by atoms with van der Waals surface area (Å²) in [7, 11) is 3.08. The number of aliphatic hydroxyl groups is 1. The van der Waals surface area contributed by atoms with E-state index < -0.39 is 0 Å². The summed E-state index contributed by atoms with van der Waals surface area (Å²) in [4.78, 5) is 13.1. The van der Waals surface area contributed by atoms with Gasteiger partial charge in [-0.05, 0) is 24.6 Å². The van der Waals surface area contributed by atoms with Gasteiger partial charge in [-0.25, -0.2) is 9.97 Å². The Morgan fingerprint density at radius 1 is 1.06 bits per heavy atom. The number of aromatic hydroxyl groups is 1. The summed E-state index contributed by atoms with van der Waals surface area (Å²) in [6, 6.07) is 5.42. The summed E-state index contributed by atoms with van der Waals surface area (Å²) in [5, 5.41) is 20.5. The summed E-state index contributed by atoms with van der Waals surface area (Å²) >= 11 is 0. The van der Waals surface area contributed by atoms with Crippen LogP contribution in [0.4, 0.5) is 0 Å². The summed E-state index contributed by atoms with van der Waals surface area (Å²) < 4.78 is 17.6. The monoisotopic (exact) mass is 422 g/mol. The van der Waals surface area contributed by atoms with E-state index in [0.29, 0.717) is 39.7 Å². The molecule has 4 aromatic heterocycles. The first-order valence-electron chi connectivity index (χ1n) is 9.54. The van der Waals surface area contributed by atoms with Gasteiger partial charge in [0.15, 0.2) is 5.75 Å². The highest BCUT2D eigenvalue weighted by molar-refractivity contribution is 5.90. The second kappa shape index (κ2) is 8.49. The average molecular weight is 422 g/mol. The summed E-state index contributed by atoms with van der Waals surface area (Å²) in [6.07, 6.45) is 6.56. The molecule has 0 fully saturated rings. The number of ether oxygens (including phenoxy) is 3. The van der Waals surface area contributed by atoms with Crippen LogP contribution in [-0.4, -0.2) is 57.2 Å². The molecule has 0 aliphatic carbocycles. The molecule has 0 aliphatic heterocycles. The Kier molecular flexibility index (Phi) is 5.59. The highest BCUT2D eigenvalue weighted by Gasteiger charge is 2.17. The Hall–Kier alpha value is -3.85. The van der Waals surface area contributed by atoms with E-state index in [1.165, 1.54) is 7.11 Å². The Balaban J connectivity index is 1.79. The Bertz CT molecular complexity index is 1240. The molecule has 31 heavy (non-hydrogen) atoms. The highest BCUT2D eigenvalue weighted by Crippen LogP contribution is 2.35. The van der Waals surface area contributed by atoms with E-state index >= 15 is 0 Å². The minimum atomic E-state index is -0.0974. The molecule has 4 rings (SSSR count). The van der Waals surface area contributed by atoms with Crippen molar-refractivity contribution in [2.75, 3.05) is 27.4 Å². The van der Waals surface area contributed by atoms with Crippen molar-refractivity contribution in [2.45, 2.75) is 6.92 Å². The maximum Gasteiger partial charge on any atom is 0.256 e. The fraction of sp³-hybridized carbons (Fsp3) is 0.227. The molecule has 0 saturated carbocycles. The smallest absolute Gasteiger partial charge is 0.256 e. The van der Waals surface area contributed by atoms with Gasteiger partial charge in [-0.3, -0.25) is 9.55 Å². The van der Waals surface area contributed by atoms with Crippen molar-refractivity contribution >= 4 is 10.9 Å². The Morgan fingerprint density at radius 3 is 2.65 bits per heavy atom. The normalized spacial score (nSPS) is 11.0. The number of hydrogen-bond donors (Lipinski definition) is 2. The molecule has 0 aliphatic rings. The Labute approximate surface area is 178 Å². The molecule has 0 spiro atoms. The van der Waals surface area contributed by atoms with Crippen LogP contribution in [0.1, 0.15) is 5.56 Å². The van der Waals surface area contributed by atoms with Crippen LogP contribution in [0.25, 0.3) is 27.8 Å². The maximum absolute atomic E-state index is 10.9. The predicted molar refractivity (Wildman–Crippen MR) is 114 cm³/mol. The lowest BCUT2D eigenvalue weighted by Crippen LogP contribution is -2.02.